The maximum Gasteiger partial charge on any atom is 0.226 e. The van der Waals surface area contributed by atoms with Crippen LogP contribution in [0.1, 0.15) is 42.3 Å². The van der Waals surface area contributed by atoms with Gasteiger partial charge in [0.1, 0.15) is 0 Å². The largest absolute Gasteiger partial charge is 0.356 e. The summed E-state index contributed by atoms with van der Waals surface area (Å²) >= 11 is 1.71. The molecule has 1 atom stereocenters. The van der Waals surface area contributed by atoms with Crippen molar-refractivity contribution in [3.8, 4) is 0 Å². The van der Waals surface area contributed by atoms with Crippen molar-refractivity contribution in [3.05, 3.63) is 40.3 Å². The summed E-state index contributed by atoms with van der Waals surface area (Å²) in [6.45, 7) is 1.82. The van der Waals surface area contributed by atoms with E-state index in [1.807, 2.05) is 27.1 Å². The normalized spacial score (nSPS) is 19.7. The second-order valence-electron chi connectivity index (χ2n) is 7.15. The van der Waals surface area contributed by atoms with Crippen LogP contribution < -0.4 is 5.32 Å². The molecule has 7 heteroatoms. The third kappa shape index (κ3) is 3.67. The minimum atomic E-state index is -0.0838. The molecule has 6 nitrogen and oxygen atoms in total. The zero-order valence-electron chi connectivity index (χ0n) is 14.8. The van der Waals surface area contributed by atoms with Gasteiger partial charge in [-0.3, -0.25) is 14.3 Å². The molecular weight excluding hydrogens is 348 g/mol. The zero-order valence-corrected chi connectivity index (χ0v) is 15.6. The molecule has 2 aliphatic rings. The molecule has 0 radical (unpaired) electrons. The Bertz CT molecular complexity index is 766. The highest BCUT2D eigenvalue weighted by atomic mass is 32.1. The molecule has 0 aromatic carbocycles. The van der Waals surface area contributed by atoms with Crippen LogP contribution in [0, 0.1) is 5.92 Å². The van der Waals surface area contributed by atoms with E-state index >= 15 is 0 Å². The van der Waals surface area contributed by atoms with E-state index in [1.165, 1.54) is 4.88 Å². The van der Waals surface area contributed by atoms with Crippen LogP contribution >= 0.6 is 11.3 Å². The summed E-state index contributed by atoms with van der Waals surface area (Å²) in [5, 5.41) is 9.44. The number of carbonyl (C=O) groups is 2. The van der Waals surface area contributed by atoms with Gasteiger partial charge in [-0.25, -0.2) is 0 Å². The summed E-state index contributed by atoms with van der Waals surface area (Å²) in [6.07, 6.45) is 6.12. The predicted molar refractivity (Wildman–Crippen MR) is 99.7 cm³/mol. The molecule has 1 saturated carbocycles. The first-order chi connectivity index (χ1) is 12.7. The first-order valence-electron chi connectivity index (χ1n) is 9.31. The summed E-state index contributed by atoms with van der Waals surface area (Å²) in [6, 6.07) is 5.97. The average molecular weight is 372 g/mol. The van der Waals surface area contributed by atoms with Gasteiger partial charge in [-0.2, -0.15) is 5.10 Å². The molecule has 2 amide bonds. The van der Waals surface area contributed by atoms with Crippen molar-refractivity contribution in [2.45, 2.75) is 44.7 Å². The SMILES string of the molecule is O=C(CC1CN(C(=O)C2CCC2)Cc2ccnn21)NCCc1cccs1. The highest BCUT2D eigenvalue weighted by molar-refractivity contribution is 7.09. The molecule has 138 valence electrons. The molecule has 0 saturated heterocycles. The Morgan fingerprint density at radius 1 is 1.31 bits per heavy atom. The Labute approximate surface area is 157 Å². The van der Waals surface area contributed by atoms with E-state index in [0.717, 1.165) is 31.4 Å². The van der Waals surface area contributed by atoms with Gasteiger partial charge in [-0.05, 0) is 36.8 Å². The zero-order chi connectivity index (χ0) is 17.9. The number of amides is 2. The average Bonchev–Trinajstić information content (AvgIpc) is 3.24. The van der Waals surface area contributed by atoms with Crippen molar-refractivity contribution in [1.82, 2.24) is 20.0 Å². The van der Waals surface area contributed by atoms with Crippen LogP contribution in [0.25, 0.3) is 0 Å². The van der Waals surface area contributed by atoms with Crippen molar-refractivity contribution in [2.24, 2.45) is 5.92 Å². The Balaban J connectivity index is 1.35. The fourth-order valence-electron chi connectivity index (χ4n) is 3.69. The van der Waals surface area contributed by atoms with Crippen LogP contribution in [0.5, 0.6) is 0 Å². The molecule has 1 fully saturated rings. The van der Waals surface area contributed by atoms with E-state index in [2.05, 4.69) is 16.5 Å². The fourth-order valence-corrected chi connectivity index (χ4v) is 4.39. The highest BCUT2D eigenvalue weighted by Crippen LogP contribution is 2.31. The number of carbonyl (C=O) groups excluding carboxylic acids is 2. The van der Waals surface area contributed by atoms with Crippen molar-refractivity contribution >= 4 is 23.2 Å². The van der Waals surface area contributed by atoms with Gasteiger partial charge in [0.25, 0.3) is 0 Å². The minimum Gasteiger partial charge on any atom is -0.356 e. The number of aromatic nitrogens is 2. The maximum absolute atomic E-state index is 12.6. The molecule has 2 aromatic heterocycles. The fraction of sp³-hybridized carbons (Fsp3) is 0.526. The lowest BCUT2D eigenvalue weighted by atomic mass is 9.84. The first-order valence-corrected chi connectivity index (χ1v) is 10.2. The van der Waals surface area contributed by atoms with Crippen LogP contribution in [0.15, 0.2) is 29.8 Å². The van der Waals surface area contributed by atoms with Gasteiger partial charge in [0.2, 0.25) is 11.8 Å². The Kier molecular flexibility index (Phi) is 5.06. The lowest BCUT2D eigenvalue weighted by molar-refractivity contribution is -0.141. The molecule has 2 aromatic rings. The van der Waals surface area contributed by atoms with Crippen LogP contribution in [0.3, 0.4) is 0 Å². The van der Waals surface area contributed by atoms with Crippen LogP contribution in [-0.4, -0.2) is 39.6 Å². The molecule has 1 N–H and O–H groups in total. The van der Waals surface area contributed by atoms with Gasteiger partial charge in [0.05, 0.1) is 24.7 Å². The molecule has 4 rings (SSSR count). The third-order valence-electron chi connectivity index (χ3n) is 5.34. The lowest BCUT2D eigenvalue weighted by Crippen LogP contribution is -2.46. The number of rotatable bonds is 6. The highest BCUT2D eigenvalue weighted by Gasteiger charge is 2.35. The summed E-state index contributed by atoms with van der Waals surface area (Å²) < 4.78 is 1.92. The smallest absolute Gasteiger partial charge is 0.226 e. The van der Waals surface area contributed by atoms with E-state index in [-0.39, 0.29) is 23.8 Å². The van der Waals surface area contributed by atoms with Gasteiger partial charge in [0.15, 0.2) is 0 Å². The number of hydrogen-bond acceptors (Lipinski definition) is 4. The number of thiophene rings is 1. The Morgan fingerprint density at radius 2 is 2.19 bits per heavy atom. The number of fused-ring (bicyclic) bond motifs is 1. The lowest BCUT2D eigenvalue weighted by Gasteiger charge is -2.37. The van der Waals surface area contributed by atoms with Crippen LogP contribution in [0.4, 0.5) is 0 Å². The minimum absolute atomic E-state index is 0.0194. The Hall–Kier alpha value is -2.15. The topological polar surface area (TPSA) is 67.2 Å². The molecule has 1 aliphatic carbocycles. The van der Waals surface area contributed by atoms with Crippen molar-refractivity contribution in [1.29, 1.82) is 0 Å². The standard InChI is InChI=1S/C19H24N4O2S/c24-18(20-8-7-17-5-2-10-26-17)11-16-13-22(19(25)14-3-1-4-14)12-15-6-9-21-23(15)16/h2,5-6,9-10,14,16H,1,3-4,7-8,11-13H2,(H,20,24). The van der Waals surface area contributed by atoms with Crippen LogP contribution in [-0.2, 0) is 22.6 Å². The van der Waals surface area contributed by atoms with E-state index in [0.29, 0.717) is 26.1 Å². The molecule has 26 heavy (non-hydrogen) atoms. The molecule has 0 bridgehead atoms. The summed E-state index contributed by atoms with van der Waals surface area (Å²) in [7, 11) is 0. The molecule has 1 unspecified atom stereocenters. The van der Waals surface area contributed by atoms with Gasteiger partial charge in [-0.1, -0.05) is 12.5 Å². The van der Waals surface area contributed by atoms with E-state index in [9.17, 15) is 9.59 Å². The quantitative estimate of drug-likeness (QED) is 0.847. The summed E-state index contributed by atoms with van der Waals surface area (Å²) in [5.41, 5.74) is 1.01. The van der Waals surface area contributed by atoms with E-state index in [4.69, 9.17) is 0 Å². The van der Waals surface area contributed by atoms with E-state index in [1.54, 1.807) is 17.5 Å². The van der Waals surface area contributed by atoms with Gasteiger partial charge in [-0.15, -0.1) is 11.3 Å². The third-order valence-corrected chi connectivity index (χ3v) is 6.28. The van der Waals surface area contributed by atoms with Crippen molar-refractivity contribution < 1.29 is 9.59 Å². The number of hydrogen-bond donors (Lipinski definition) is 1. The second-order valence-corrected chi connectivity index (χ2v) is 8.18. The molecule has 3 heterocycles. The van der Waals surface area contributed by atoms with Gasteiger partial charge < -0.3 is 10.2 Å². The van der Waals surface area contributed by atoms with E-state index < -0.39 is 0 Å². The summed E-state index contributed by atoms with van der Waals surface area (Å²) in [4.78, 5) is 28.2. The summed E-state index contributed by atoms with van der Waals surface area (Å²) in [5.74, 6) is 0.447. The molecule has 0 spiro atoms. The second kappa shape index (κ2) is 7.61. The van der Waals surface area contributed by atoms with Gasteiger partial charge >= 0.3 is 0 Å². The van der Waals surface area contributed by atoms with Crippen LogP contribution in [0.2, 0.25) is 0 Å². The maximum atomic E-state index is 12.6. The Morgan fingerprint density at radius 3 is 2.92 bits per heavy atom. The molecule has 1 aliphatic heterocycles. The first kappa shape index (κ1) is 17.3. The predicted octanol–water partition coefficient (Wildman–Crippen LogP) is 2.38. The van der Waals surface area contributed by atoms with Crippen molar-refractivity contribution in [3.63, 3.8) is 0 Å². The van der Waals surface area contributed by atoms with Crippen molar-refractivity contribution in [2.75, 3.05) is 13.1 Å². The monoisotopic (exact) mass is 372 g/mol. The number of nitrogens with zero attached hydrogens (tertiary/aromatic N) is 3. The van der Waals surface area contributed by atoms with Gasteiger partial charge in [0, 0.05) is 30.1 Å². The number of nitrogens with one attached hydrogen (secondary N) is 1. The molecular formula is C19H24N4O2S.